The Hall–Kier alpha value is -3.39. The molecule has 8 nitrogen and oxygen atoms in total. The van der Waals surface area contributed by atoms with Gasteiger partial charge in [0.15, 0.2) is 0 Å². The molecule has 3 aliphatic rings. The van der Waals surface area contributed by atoms with Gasteiger partial charge in [0.25, 0.3) is 0 Å². The molecular formula is C32H40N4O4. The van der Waals surface area contributed by atoms with Crippen molar-refractivity contribution in [2.75, 3.05) is 26.3 Å². The molecule has 5 heterocycles. The minimum atomic E-state index is -0.562. The maximum Gasteiger partial charge on any atom is 0.410 e. The highest BCUT2D eigenvalue weighted by Gasteiger charge is 2.37. The molecule has 8 heteroatoms. The molecule has 0 bridgehead atoms. The maximum atomic E-state index is 13.5. The highest BCUT2D eigenvalue weighted by atomic mass is 16.6. The van der Waals surface area contributed by atoms with Crippen molar-refractivity contribution in [2.45, 2.75) is 78.0 Å². The summed E-state index contributed by atoms with van der Waals surface area (Å²) in [6.07, 6.45) is 7.80. The summed E-state index contributed by atoms with van der Waals surface area (Å²) in [4.78, 5) is 38.7. The van der Waals surface area contributed by atoms with Crippen molar-refractivity contribution in [3.63, 3.8) is 0 Å². The van der Waals surface area contributed by atoms with Crippen LogP contribution in [0.5, 0.6) is 0 Å². The van der Waals surface area contributed by atoms with Crippen molar-refractivity contribution < 1.29 is 19.1 Å². The molecule has 1 atom stereocenters. The van der Waals surface area contributed by atoms with E-state index in [1.165, 1.54) is 11.1 Å². The average Bonchev–Trinajstić information content (AvgIpc) is 3.58. The van der Waals surface area contributed by atoms with Gasteiger partial charge in [0, 0.05) is 62.1 Å². The molecule has 0 spiro atoms. The van der Waals surface area contributed by atoms with Crippen LogP contribution in [-0.2, 0) is 27.2 Å². The van der Waals surface area contributed by atoms with Gasteiger partial charge in [0.2, 0.25) is 5.91 Å². The van der Waals surface area contributed by atoms with Crippen LogP contribution in [0.25, 0.3) is 22.2 Å². The third kappa shape index (κ3) is 5.21. The van der Waals surface area contributed by atoms with E-state index in [2.05, 4.69) is 35.1 Å². The van der Waals surface area contributed by atoms with E-state index >= 15 is 0 Å². The summed E-state index contributed by atoms with van der Waals surface area (Å²) >= 11 is 0. The second-order valence-corrected chi connectivity index (χ2v) is 12.5. The molecule has 2 aromatic heterocycles. The van der Waals surface area contributed by atoms with E-state index in [4.69, 9.17) is 9.47 Å². The first kappa shape index (κ1) is 26.8. The predicted octanol–water partition coefficient (Wildman–Crippen LogP) is 5.92. The number of fused-ring (bicyclic) bond motifs is 2. The smallest absolute Gasteiger partial charge is 0.410 e. The van der Waals surface area contributed by atoms with Crippen molar-refractivity contribution in [2.24, 2.45) is 5.92 Å². The molecule has 2 fully saturated rings. The number of nitrogens with one attached hydrogen (secondary N) is 1. The van der Waals surface area contributed by atoms with Gasteiger partial charge >= 0.3 is 6.09 Å². The number of aromatic amines is 1. The Bertz CT molecular complexity index is 1430. The topological polar surface area (TPSA) is 87.8 Å². The van der Waals surface area contributed by atoms with Crippen molar-refractivity contribution in [1.29, 1.82) is 0 Å². The average molecular weight is 545 g/mol. The zero-order valence-corrected chi connectivity index (χ0v) is 24.1. The Morgan fingerprint density at radius 3 is 2.65 bits per heavy atom. The molecule has 0 aliphatic carbocycles. The monoisotopic (exact) mass is 544 g/mol. The Morgan fingerprint density at radius 1 is 1.07 bits per heavy atom. The molecule has 40 heavy (non-hydrogen) atoms. The van der Waals surface area contributed by atoms with Gasteiger partial charge in [-0.25, -0.2) is 9.78 Å². The zero-order chi connectivity index (χ0) is 28.0. The van der Waals surface area contributed by atoms with Gasteiger partial charge in [0.1, 0.15) is 11.2 Å². The van der Waals surface area contributed by atoms with Crippen LogP contribution >= 0.6 is 0 Å². The van der Waals surface area contributed by atoms with Crippen molar-refractivity contribution in [1.82, 2.24) is 19.8 Å². The molecule has 1 aromatic carbocycles. The summed E-state index contributed by atoms with van der Waals surface area (Å²) in [5, 5.41) is 1.11. The number of benzene rings is 1. The highest BCUT2D eigenvalue weighted by molar-refractivity contribution is 5.85. The Labute approximate surface area is 236 Å². The summed E-state index contributed by atoms with van der Waals surface area (Å²) in [5.74, 6) is 0.266. The predicted molar refractivity (Wildman–Crippen MR) is 154 cm³/mol. The summed E-state index contributed by atoms with van der Waals surface area (Å²) < 4.78 is 11.3. The van der Waals surface area contributed by atoms with Crippen LogP contribution in [0.1, 0.15) is 74.8 Å². The first-order chi connectivity index (χ1) is 19.2. The van der Waals surface area contributed by atoms with Crippen LogP contribution in [0.15, 0.2) is 30.6 Å². The molecule has 1 N–H and O–H groups in total. The van der Waals surface area contributed by atoms with Gasteiger partial charge in [-0.1, -0.05) is 6.07 Å². The van der Waals surface area contributed by atoms with Crippen LogP contribution in [0.2, 0.25) is 0 Å². The number of carbonyl (C=O) groups is 2. The number of carbonyl (C=O) groups excluding carboxylic acids is 2. The Morgan fingerprint density at radius 2 is 1.88 bits per heavy atom. The van der Waals surface area contributed by atoms with Crippen LogP contribution in [0, 0.1) is 12.8 Å². The first-order valence-electron chi connectivity index (χ1n) is 14.6. The van der Waals surface area contributed by atoms with Gasteiger partial charge < -0.3 is 24.3 Å². The number of nitrogens with zero attached hydrogens (tertiary/aromatic N) is 3. The van der Waals surface area contributed by atoms with Crippen LogP contribution in [0.3, 0.4) is 0 Å². The summed E-state index contributed by atoms with van der Waals surface area (Å²) in [7, 11) is 0. The van der Waals surface area contributed by atoms with Gasteiger partial charge in [-0.2, -0.15) is 0 Å². The number of rotatable bonds is 3. The number of ether oxygens (including phenoxy) is 2. The van der Waals surface area contributed by atoms with E-state index in [1.807, 2.05) is 43.0 Å². The fourth-order valence-electron chi connectivity index (χ4n) is 6.47. The number of aromatic nitrogens is 2. The quantitative estimate of drug-likeness (QED) is 0.442. The third-order valence-electron chi connectivity index (χ3n) is 8.57. The molecule has 3 aromatic rings. The number of amides is 2. The summed E-state index contributed by atoms with van der Waals surface area (Å²) in [5.41, 5.74) is 7.21. The lowest BCUT2D eigenvalue weighted by atomic mass is 9.86. The molecule has 1 unspecified atom stereocenters. The number of hydrogen-bond donors (Lipinski definition) is 1. The lowest BCUT2D eigenvalue weighted by Gasteiger charge is -2.36. The molecule has 6 rings (SSSR count). The molecule has 2 saturated heterocycles. The van der Waals surface area contributed by atoms with Crippen LogP contribution in [0.4, 0.5) is 4.79 Å². The van der Waals surface area contributed by atoms with E-state index < -0.39 is 5.60 Å². The third-order valence-corrected chi connectivity index (χ3v) is 8.57. The van der Waals surface area contributed by atoms with Crippen molar-refractivity contribution in [3.05, 3.63) is 52.8 Å². The van der Waals surface area contributed by atoms with Gasteiger partial charge in [-0.15, -0.1) is 0 Å². The largest absolute Gasteiger partial charge is 0.444 e. The van der Waals surface area contributed by atoms with E-state index in [-0.39, 0.29) is 24.0 Å². The SMILES string of the molecule is Cc1c[nH]c2ncc(-c3cc4c(c(C5CCCN5C(=O)OC(C)(C)C)c3)CN(C(=O)C3CCOCC3)CC4)cc12. The summed E-state index contributed by atoms with van der Waals surface area (Å²) in [6.45, 7) is 11.1. The second-order valence-electron chi connectivity index (χ2n) is 12.5. The van der Waals surface area contributed by atoms with Gasteiger partial charge in [-0.05, 0) is 99.7 Å². The molecule has 212 valence electrons. The molecule has 3 aliphatic heterocycles. The molecule has 0 saturated carbocycles. The number of aryl methyl sites for hydroxylation is 1. The highest BCUT2D eigenvalue weighted by Crippen LogP contribution is 2.41. The number of H-pyrrole nitrogens is 1. The zero-order valence-electron chi connectivity index (χ0n) is 24.1. The Kier molecular flexibility index (Phi) is 7.07. The van der Waals surface area contributed by atoms with E-state index in [0.717, 1.165) is 65.4 Å². The van der Waals surface area contributed by atoms with Crippen molar-refractivity contribution >= 4 is 23.0 Å². The normalized spacial score (nSPS) is 20.1. The first-order valence-corrected chi connectivity index (χ1v) is 14.6. The molecular weight excluding hydrogens is 504 g/mol. The maximum absolute atomic E-state index is 13.5. The number of likely N-dealkylation sites (tertiary alicyclic amines) is 1. The lowest BCUT2D eigenvalue weighted by molar-refractivity contribution is -0.139. The number of hydrogen-bond acceptors (Lipinski definition) is 5. The fourth-order valence-corrected chi connectivity index (χ4v) is 6.47. The van der Waals surface area contributed by atoms with Crippen LogP contribution in [-0.4, -0.2) is 63.7 Å². The van der Waals surface area contributed by atoms with E-state index in [0.29, 0.717) is 32.8 Å². The van der Waals surface area contributed by atoms with Crippen LogP contribution < -0.4 is 0 Å². The molecule has 0 radical (unpaired) electrons. The van der Waals surface area contributed by atoms with E-state index in [1.54, 1.807) is 0 Å². The minimum Gasteiger partial charge on any atom is -0.444 e. The van der Waals surface area contributed by atoms with Crippen molar-refractivity contribution in [3.8, 4) is 11.1 Å². The minimum absolute atomic E-state index is 0.0326. The Balaban J connectivity index is 1.40. The fraction of sp³-hybridized carbons (Fsp3) is 0.531. The molecule has 2 amide bonds. The van der Waals surface area contributed by atoms with Gasteiger partial charge in [-0.3, -0.25) is 4.79 Å². The summed E-state index contributed by atoms with van der Waals surface area (Å²) in [6, 6.07) is 6.61. The lowest BCUT2D eigenvalue weighted by Crippen LogP contribution is -2.42. The standard InChI is InChI=1S/C32H40N4O4/c1-20-17-33-29-25(20)16-24(18-34-29)23-14-22-7-11-35(30(37)21-8-12-39-13-9-21)19-27(22)26(15-23)28-6-5-10-36(28)31(38)40-32(2,3)4/h14-18,21,28H,5-13,19H2,1-4H3,(H,33,34). The van der Waals surface area contributed by atoms with Gasteiger partial charge in [0.05, 0.1) is 6.04 Å². The second kappa shape index (κ2) is 10.5. The number of pyridine rings is 1. The van der Waals surface area contributed by atoms with E-state index in [9.17, 15) is 9.59 Å².